The third-order valence-corrected chi connectivity index (χ3v) is 4.96. The van der Waals surface area contributed by atoms with Crippen molar-refractivity contribution in [2.24, 2.45) is 0 Å². The topological polar surface area (TPSA) is 138 Å². The molecule has 1 aliphatic heterocycles. The Morgan fingerprint density at radius 2 is 1.76 bits per heavy atom. The van der Waals surface area contributed by atoms with Gasteiger partial charge < -0.3 is 40.0 Å². The summed E-state index contributed by atoms with van der Waals surface area (Å²) in [5.74, 6) is -0.916. The Balaban J connectivity index is 1.99. The van der Waals surface area contributed by atoms with Crippen LogP contribution in [-0.2, 0) is 4.74 Å². The molecule has 1 saturated heterocycles. The zero-order valence-corrected chi connectivity index (χ0v) is 17.2. The number of ether oxygens (including phenoxy) is 3. The highest BCUT2D eigenvalue weighted by Gasteiger charge is 2.45. The Labute approximate surface area is 185 Å². The molecule has 1 amide bonds. The molecule has 1 aliphatic rings. The van der Waals surface area contributed by atoms with E-state index in [1.54, 1.807) is 6.07 Å². The van der Waals surface area contributed by atoms with E-state index in [0.29, 0.717) is 0 Å². The lowest BCUT2D eigenvalue weighted by Gasteiger charge is -2.40. The van der Waals surface area contributed by atoms with E-state index in [2.05, 4.69) is 10.1 Å². The minimum absolute atomic E-state index is 0.00513. The van der Waals surface area contributed by atoms with Gasteiger partial charge in [-0.2, -0.15) is 0 Å². The summed E-state index contributed by atoms with van der Waals surface area (Å²) >= 11 is 0. The monoisotopic (exact) mass is 473 g/mol. The molecule has 0 radical (unpaired) electrons. The summed E-state index contributed by atoms with van der Waals surface area (Å²) in [6, 6.07) is 9.20. The highest BCUT2D eigenvalue weighted by atomic mass is 19.4. The lowest BCUT2D eigenvalue weighted by molar-refractivity contribution is -0.276. The van der Waals surface area contributed by atoms with E-state index in [0.717, 1.165) is 12.1 Å². The number of carbonyl (C=O) groups excluding carboxylic acids is 1. The predicted octanol–water partition coefficient (Wildman–Crippen LogP) is 1.25. The Morgan fingerprint density at radius 1 is 1.06 bits per heavy atom. The van der Waals surface area contributed by atoms with Gasteiger partial charge in [0.2, 0.25) is 0 Å². The average Bonchev–Trinajstić information content (AvgIpc) is 2.77. The molecule has 180 valence electrons. The molecule has 5 N–H and O–H groups in total. The first-order valence-electron chi connectivity index (χ1n) is 9.74. The van der Waals surface area contributed by atoms with Gasteiger partial charge in [-0.1, -0.05) is 6.07 Å². The molecule has 1 heterocycles. The van der Waals surface area contributed by atoms with Crippen molar-refractivity contribution in [3.05, 3.63) is 53.6 Å². The Hall–Kier alpha value is -2.90. The highest BCUT2D eigenvalue weighted by molar-refractivity contribution is 5.94. The zero-order chi connectivity index (χ0) is 24.3. The Morgan fingerprint density at radius 3 is 2.39 bits per heavy atom. The summed E-state index contributed by atoms with van der Waals surface area (Å²) < 4.78 is 53.9. The van der Waals surface area contributed by atoms with E-state index >= 15 is 0 Å². The molecule has 0 bridgehead atoms. The van der Waals surface area contributed by atoms with Gasteiger partial charge in [0.25, 0.3) is 5.91 Å². The summed E-state index contributed by atoms with van der Waals surface area (Å²) in [7, 11) is 1.45. The van der Waals surface area contributed by atoms with Crippen LogP contribution < -0.4 is 14.8 Å². The van der Waals surface area contributed by atoms with Crippen molar-refractivity contribution in [3.63, 3.8) is 0 Å². The summed E-state index contributed by atoms with van der Waals surface area (Å²) in [4.78, 5) is 11.8. The van der Waals surface area contributed by atoms with Crippen molar-refractivity contribution >= 4 is 5.91 Å². The molecule has 0 spiro atoms. The van der Waals surface area contributed by atoms with Gasteiger partial charge >= 0.3 is 6.36 Å². The van der Waals surface area contributed by atoms with Gasteiger partial charge in [0.1, 0.15) is 47.8 Å². The number of carbonyl (C=O) groups is 1. The number of alkyl halides is 3. The first-order valence-corrected chi connectivity index (χ1v) is 9.74. The normalized spacial score (nSPS) is 25.4. The third kappa shape index (κ3) is 5.72. The summed E-state index contributed by atoms with van der Waals surface area (Å²) in [6.07, 6.45) is -13.4. The maximum Gasteiger partial charge on any atom is 0.573 e. The fraction of sp³-hybridized carbons (Fsp3) is 0.381. The SMILES string of the molecule is CNC(=O)c1cccc(Oc2ccc(OC(F)(F)F)c([C@H]3O[C@H](CO)[C@@H](O)[C@H](O)[C@@H]3O)c2)c1. The molecule has 5 atom stereocenters. The minimum Gasteiger partial charge on any atom is -0.457 e. The van der Waals surface area contributed by atoms with Gasteiger partial charge in [-0.25, -0.2) is 0 Å². The van der Waals surface area contributed by atoms with E-state index in [4.69, 9.17) is 9.47 Å². The van der Waals surface area contributed by atoms with Crippen molar-refractivity contribution in [3.8, 4) is 17.2 Å². The molecule has 33 heavy (non-hydrogen) atoms. The Kier molecular flexibility index (Phi) is 7.44. The van der Waals surface area contributed by atoms with Gasteiger partial charge in [-0.15, -0.1) is 13.2 Å². The van der Waals surface area contributed by atoms with Gasteiger partial charge in [-0.3, -0.25) is 4.79 Å². The first-order chi connectivity index (χ1) is 15.5. The number of rotatable bonds is 6. The van der Waals surface area contributed by atoms with Crippen LogP contribution in [0.1, 0.15) is 22.0 Å². The first kappa shape index (κ1) is 24.7. The smallest absolute Gasteiger partial charge is 0.457 e. The average molecular weight is 473 g/mol. The standard InChI is InChI=1S/C21H22F3NO8/c1-25-20(30)10-3-2-4-11(7-10)31-12-5-6-14(33-21(22,23)24)13(8-12)19-18(29)17(28)16(27)15(9-26)32-19/h2-8,15-19,26-29H,9H2,1H3,(H,25,30)/t15-,16-,17+,18+,19-/m1/s1. The maximum absolute atomic E-state index is 12.9. The largest absolute Gasteiger partial charge is 0.573 e. The van der Waals surface area contributed by atoms with Crippen LogP contribution >= 0.6 is 0 Å². The summed E-state index contributed by atoms with van der Waals surface area (Å²) in [6.45, 7) is -0.765. The van der Waals surface area contributed by atoms with Crippen molar-refractivity contribution in [1.82, 2.24) is 5.32 Å². The van der Waals surface area contributed by atoms with Crippen LogP contribution in [0.25, 0.3) is 0 Å². The molecule has 9 nitrogen and oxygen atoms in total. The molecule has 12 heteroatoms. The highest BCUT2D eigenvalue weighted by Crippen LogP contribution is 2.41. The van der Waals surface area contributed by atoms with Crippen LogP contribution in [0.5, 0.6) is 17.2 Å². The molecule has 1 fully saturated rings. The predicted molar refractivity (Wildman–Crippen MR) is 106 cm³/mol. The van der Waals surface area contributed by atoms with Crippen LogP contribution in [0, 0.1) is 0 Å². The van der Waals surface area contributed by atoms with Gasteiger partial charge in [-0.05, 0) is 36.4 Å². The quantitative estimate of drug-likeness (QED) is 0.423. The summed E-state index contributed by atoms with van der Waals surface area (Å²) in [5.41, 5.74) is -0.0645. The number of aliphatic hydroxyl groups is 4. The number of amides is 1. The van der Waals surface area contributed by atoms with E-state index in [-0.39, 0.29) is 28.5 Å². The van der Waals surface area contributed by atoms with Crippen molar-refractivity contribution in [2.45, 2.75) is 36.9 Å². The number of halogens is 3. The van der Waals surface area contributed by atoms with E-state index < -0.39 is 49.2 Å². The van der Waals surface area contributed by atoms with Crippen LogP contribution in [0.15, 0.2) is 42.5 Å². The lowest BCUT2D eigenvalue weighted by atomic mass is 9.90. The van der Waals surface area contributed by atoms with Gasteiger partial charge in [0.15, 0.2) is 0 Å². The lowest BCUT2D eigenvalue weighted by Crippen LogP contribution is -2.55. The number of hydrogen-bond donors (Lipinski definition) is 5. The number of benzene rings is 2. The third-order valence-electron chi connectivity index (χ3n) is 4.96. The number of nitrogens with one attached hydrogen (secondary N) is 1. The molecule has 0 saturated carbocycles. The van der Waals surface area contributed by atoms with E-state index in [1.807, 2.05) is 0 Å². The molecular formula is C21H22F3NO8. The zero-order valence-electron chi connectivity index (χ0n) is 17.2. The minimum atomic E-state index is -5.08. The molecular weight excluding hydrogens is 451 g/mol. The fourth-order valence-corrected chi connectivity index (χ4v) is 3.37. The molecule has 2 aromatic rings. The van der Waals surface area contributed by atoms with E-state index in [1.165, 1.54) is 31.3 Å². The van der Waals surface area contributed by atoms with Crippen molar-refractivity contribution < 1.29 is 52.6 Å². The molecule has 0 unspecified atom stereocenters. The van der Waals surface area contributed by atoms with Crippen molar-refractivity contribution in [1.29, 1.82) is 0 Å². The van der Waals surface area contributed by atoms with Crippen LogP contribution in [0.3, 0.4) is 0 Å². The van der Waals surface area contributed by atoms with E-state index in [9.17, 15) is 38.4 Å². The van der Waals surface area contributed by atoms with Crippen LogP contribution in [-0.4, -0.2) is 70.8 Å². The molecule has 0 aromatic heterocycles. The van der Waals surface area contributed by atoms with Gasteiger partial charge in [0, 0.05) is 18.2 Å². The molecule has 3 rings (SSSR count). The number of hydrogen-bond acceptors (Lipinski definition) is 8. The fourth-order valence-electron chi connectivity index (χ4n) is 3.37. The number of aliphatic hydroxyl groups excluding tert-OH is 4. The van der Waals surface area contributed by atoms with Crippen LogP contribution in [0.2, 0.25) is 0 Å². The Bertz CT molecular complexity index is 984. The molecule has 2 aromatic carbocycles. The molecule has 0 aliphatic carbocycles. The maximum atomic E-state index is 12.9. The van der Waals surface area contributed by atoms with Gasteiger partial charge in [0.05, 0.1) is 6.61 Å². The second-order valence-corrected chi connectivity index (χ2v) is 7.21. The van der Waals surface area contributed by atoms with Crippen LogP contribution in [0.4, 0.5) is 13.2 Å². The second-order valence-electron chi connectivity index (χ2n) is 7.21. The summed E-state index contributed by atoms with van der Waals surface area (Å²) in [5, 5.41) is 42.2. The second kappa shape index (κ2) is 9.93. The van der Waals surface area contributed by atoms with Crippen molar-refractivity contribution in [2.75, 3.05) is 13.7 Å².